The molecule has 0 saturated heterocycles. The van der Waals surface area contributed by atoms with Crippen molar-refractivity contribution in [3.8, 4) is 0 Å². The second-order valence-electron chi connectivity index (χ2n) is 4.41. The first-order valence-corrected chi connectivity index (χ1v) is 6.73. The Morgan fingerprint density at radius 3 is 2.89 bits per heavy atom. The molecule has 1 aromatic heterocycles. The molecule has 0 bridgehead atoms. The third-order valence-electron chi connectivity index (χ3n) is 3.28. The molecule has 18 heavy (non-hydrogen) atoms. The summed E-state index contributed by atoms with van der Waals surface area (Å²) in [5, 5.41) is 11.3. The minimum absolute atomic E-state index is 0.402. The third-order valence-corrected chi connectivity index (χ3v) is 4.14. The van der Waals surface area contributed by atoms with E-state index in [9.17, 15) is 9.90 Å². The van der Waals surface area contributed by atoms with Crippen molar-refractivity contribution in [2.24, 2.45) is 0 Å². The predicted molar refractivity (Wildman–Crippen MR) is 72.2 cm³/mol. The quantitative estimate of drug-likeness (QED) is 0.921. The fourth-order valence-corrected chi connectivity index (χ4v) is 3.16. The van der Waals surface area contributed by atoms with Crippen LogP contribution in [0.15, 0.2) is 41.8 Å². The minimum atomic E-state index is -0.740. The van der Waals surface area contributed by atoms with Crippen LogP contribution in [-0.2, 0) is 11.3 Å². The van der Waals surface area contributed by atoms with E-state index in [0.29, 0.717) is 6.54 Å². The Morgan fingerprint density at radius 1 is 1.33 bits per heavy atom. The number of carboxylic acids is 1. The van der Waals surface area contributed by atoms with Gasteiger partial charge in [0.15, 0.2) is 0 Å². The summed E-state index contributed by atoms with van der Waals surface area (Å²) in [4.78, 5) is 14.7. The molecule has 92 valence electrons. The average Bonchev–Trinajstić information content (AvgIpc) is 2.98. The van der Waals surface area contributed by atoms with Crippen LogP contribution in [0.4, 0.5) is 5.69 Å². The maximum absolute atomic E-state index is 11.3. The van der Waals surface area contributed by atoms with Crippen LogP contribution in [0, 0.1) is 0 Å². The van der Waals surface area contributed by atoms with Gasteiger partial charge in [0.25, 0.3) is 0 Å². The molecule has 0 aliphatic carbocycles. The van der Waals surface area contributed by atoms with Crippen molar-refractivity contribution in [1.29, 1.82) is 0 Å². The molecule has 3 nitrogen and oxygen atoms in total. The van der Waals surface area contributed by atoms with E-state index in [-0.39, 0.29) is 0 Å². The van der Waals surface area contributed by atoms with Crippen LogP contribution in [0.25, 0.3) is 0 Å². The Hall–Kier alpha value is -1.81. The lowest BCUT2D eigenvalue weighted by Gasteiger charge is -2.18. The number of thiophene rings is 1. The van der Waals surface area contributed by atoms with E-state index in [1.54, 1.807) is 11.3 Å². The second kappa shape index (κ2) is 4.46. The van der Waals surface area contributed by atoms with Crippen LogP contribution in [-0.4, -0.2) is 17.6 Å². The number of rotatable bonds is 3. The van der Waals surface area contributed by atoms with Crippen LogP contribution >= 0.6 is 11.3 Å². The van der Waals surface area contributed by atoms with Crippen molar-refractivity contribution in [1.82, 2.24) is 0 Å². The summed E-state index contributed by atoms with van der Waals surface area (Å²) in [7, 11) is 0. The SMILES string of the molecule is O=C(O)C1CN(Cc2cccs2)c2ccccc21. The minimum Gasteiger partial charge on any atom is -0.481 e. The fourth-order valence-electron chi connectivity index (χ4n) is 2.44. The van der Waals surface area contributed by atoms with Crippen molar-refractivity contribution in [2.75, 3.05) is 11.4 Å². The summed E-state index contributed by atoms with van der Waals surface area (Å²) in [5.41, 5.74) is 1.99. The number of carbonyl (C=O) groups is 1. The molecule has 0 fully saturated rings. The van der Waals surface area contributed by atoms with Crippen LogP contribution in [0.1, 0.15) is 16.4 Å². The van der Waals surface area contributed by atoms with Crippen LogP contribution in [0.5, 0.6) is 0 Å². The van der Waals surface area contributed by atoms with Crippen molar-refractivity contribution in [3.63, 3.8) is 0 Å². The van der Waals surface area contributed by atoms with Gasteiger partial charge < -0.3 is 10.0 Å². The van der Waals surface area contributed by atoms with Crippen LogP contribution in [0.3, 0.4) is 0 Å². The molecular weight excluding hydrogens is 246 g/mol. The van der Waals surface area contributed by atoms with E-state index in [1.165, 1.54) is 4.88 Å². The molecule has 1 aromatic carbocycles. The monoisotopic (exact) mass is 259 g/mol. The van der Waals surface area contributed by atoms with E-state index in [2.05, 4.69) is 11.0 Å². The molecule has 0 spiro atoms. The molecule has 1 aliphatic heterocycles. The molecule has 1 aliphatic rings. The van der Waals surface area contributed by atoms with Gasteiger partial charge >= 0.3 is 5.97 Å². The molecule has 0 saturated carbocycles. The fraction of sp³-hybridized carbons (Fsp3) is 0.214. The summed E-state index contributed by atoms with van der Waals surface area (Å²) in [5.74, 6) is -1.14. The van der Waals surface area contributed by atoms with Crippen molar-refractivity contribution in [2.45, 2.75) is 12.5 Å². The highest BCUT2D eigenvalue weighted by atomic mass is 32.1. The standard InChI is InChI=1S/C14H13NO2S/c16-14(17)12-9-15(8-10-4-3-7-18-10)13-6-2-1-5-11(12)13/h1-7,12H,8-9H2,(H,16,17). The van der Waals surface area contributed by atoms with Gasteiger partial charge in [-0.25, -0.2) is 0 Å². The molecule has 1 N–H and O–H groups in total. The van der Waals surface area contributed by atoms with Crippen molar-refractivity contribution in [3.05, 3.63) is 52.2 Å². The number of anilines is 1. The zero-order valence-electron chi connectivity index (χ0n) is 9.74. The molecule has 1 atom stereocenters. The normalized spacial score (nSPS) is 17.8. The van der Waals surface area contributed by atoms with Crippen LogP contribution in [0.2, 0.25) is 0 Å². The Labute approximate surface area is 109 Å². The first kappa shape index (κ1) is 11.3. The maximum atomic E-state index is 11.3. The Balaban J connectivity index is 1.92. The van der Waals surface area contributed by atoms with Gasteiger partial charge in [-0.15, -0.1) is 11.3 Å². The lowest BCUT2D eigenvalue weighted by Crippen LogP contribution is -2.23. The van der Waals surface area contributed by atoms with Gasteiger partial charge in [-0.3, -0.25) is 4.79 Å². The zero-order chi connectivity index (χ0) is 12.5. The lowest BCUT2D eigenvalue weighted by molar-refractivity contribution is -0.138. The molecule has 1 unspecified atom stereocenters. The average molecular weight is 259 g/mol. The number of hydrogen-bond acceptors (Lipinski definition) is 3. The highest BCUT2D eigenvalue weighted by Crippen LogP contribution is 2.37. The van der Waals surface area contributed by atoms with Gasteiger partial charge in [0.05, 0.1) is 6.54 Å². The Morgan fingerprint density at radius 2 is 2.17 bits per heavy atom. The predicted octanol–water partition coefficient (Wildman–Crippen LogP) is 2.94. The summed E-state index contributed by atoms with van der Waals surface area (Å²) in [6.45, 7) is 1.35. The van der Waals surface area contributed by atoms with Crippen molar-refractivity contribution < 1.29 is 9.90 Å². The molecule has 3 rings (SSSR count). The number of aliphatic carboxylic acids is 1. The van der Waals surface area contributed by atoms with Gasteiger partial charge in [0.1, 0.15) is 5.92 Å². The number of benzene rings is 1. The third kappa shape index (κ3) is 1.88. The first-order chi connectivity index (χ1) is 8.75. The van der Waals surface area contributed by atoms with Gasteiger partial charge in [0, 0.05) is 17.1 Å². The molecule has 2 aromatic rings. The molecular formula is C14H13NO2S. The highest BCUT2D eigenvalue weighted by molar-refractivity contribution is 7.09. The smallest absolute Gasteiger partial charge is 0.312 e. The van der Waals surface area contributed by atoms with E-state index in [4.69, 9.17) is 0 Å². The van der Waals surface area contributed by atoms with E-state index in [1.807, 2.05) is 35.7 Å². The molecule has 0 radical (unpaired) electrons. The largest absolute Gasteiger partial charge is 0.481 e. The molecule has 2 heterocycles. The van der Waals surface area contributed by atoms with Gasteiger partial charge in [-0.2, -0.15) is 0 Å². The maximum Gasteiger partial charge on any atom is 0.312 e. The summed E-state index contributed by atoms with van der Waals surface area (Å²) in [6, 6.07) is 11.9. The van der Waals surface area contributed by atoms with E-state index >= 15 is 0 Å². The summed E-state index contributed by atoms with van der Waals surface area (Å²) >= 11 is 1.70. The second-order valence-corrected chi connectivity index (χ2v) is 5.44. The van der Waals surface area contributed by atoms with E-state index in [0.717, 1.165) is 17.8 Å². The summed E-state index contributed by atoms with van der Waals surface area (Å²) in [6.07, 6.45) is 0. The van der Waals surface area contributed by atoms with Crippen molar-refractivity contribution >= 4 is 23.0 Å². The Kier molecular flexibility index (Phi) is 2.80. The number of carboxylic acid groups (broad SMARTS) is 1. The zero-order valence-corrected chi connectivity index (χ0v) is 10.6. The number of nitrogens with zero attached hydrogens (tertiary/aromatic N) is 1. The van der Waals surface area contributed by atoms with Crippen LogP contribution < -0.4 is 4.90 Å². The number of fused-ring (bicyclic) bond motifs is 1. The molecule has 4 heteroatoms. The highest BCUT2D eigenvalue weighted by Gasteiger charge is 2.33. The van der Waals surface area contributed by atoms with E-state index < -0.39 is 11.9 Å². The molecule has 0 amide bonds. The summed E-state index contributed by atoms with van der Waals surface area (Å²) < 4.78 is 0. The number of hydrogen-bond donors (Lipinski definition) is 1. The van der Waals surface area contributed by atoms with Gasteiger partial charge in [-0.05, 0) is 23.1 Å². The number of para-hydroxylation sites is 1. The topological polar surface area (TPSA) is 40.5 Å². The van der Waals surface area contributed by atoms with Gasteiger partial charge in [0.2, 0.25) is 0 Å². The Bertz CT molecular complexity index is 565. The van der Waals surface area contributed by atoms with Gasteiger partial charge in [-0.1, -0.05) is 24.3 Å². The lowest BCUT2D eigenvalue weighted by atomic mass is 10.0. The first-order valence-electron chi connectivity index (χ1n) is 5.85.